The zero-order chi connectivity index (χ0) is 16.5. The summed E-state index contributed by atoms with van der Waals surface area (Å²) in [6.45, 7) is 0. The molecule has 1 aromatic carbocycles. The van der Waals surface area contributed by atoms with E-state index >= 15 is 0 Å². The molecule has 5 nitrogen and oxygen atoms in total. The minimum absolute atomic E-state index is 0.612. The molecule has 24 heavy (non-hydrogen) atoms. The number of nitrogens with zero attached hydrogens (tertiary/aromatic N) is 4. The quantitative estimate of drug-likeness (QED) is 0.630. The van der Waals surface area contributed by atoms with E-state index in [1.54, 1.807) is 10.9 Å². The van der Waals surface area contributed by atoms with Crippen molar-refractivity contribution in [1.29, 1.82) is 5.26 Å². The van der Waals surface area contributed by atoms with Gasteiger partial charge in [0.2, 0.25) is 0 Å². The third kappa shape index (κ3) is 2.44. The summed E-state index contributed by atoms with van der Waals surface area (Å²) in [6.07, 6.45) is 4.29. The SMILES string of the molecule is Cn1ccc(Cc2cc(-c3ccccc3)c3c(C#N)c[nH]c3n2)n1. The van der Waals surface area contributed by atoms with Crippen LogP contribution in [0.25, 0.3) is 22.2 Å². The lowest BCUT2D eigenvalue weighted by atomic mass is 9.99. The van der Waals surface area contributed by atoms with Crippen LogP contribution in [0.15, 0.2) is 54.9 Å². The number of rotatable bonds is 3. The van der Waals surface area contributed by atoms with E-state index in [0.717, 1.165) is 33.5 Å². The highest BCUT2D eigenvalue weighted by Crippen LogP contribution is 2.31. The molecule has 0 aliphatic heterocycles. The Morgan fingerprint density at radius 1 is 1.17 bits per heavy atom. The summed E-state index contributed by atoms with van der Waals surface area (Å²) in [5.74, 6) is 0. The van der Waals surface area contributed by atoms with Crippen molar-refractivity contribution in [3.63, 3.8) is 0 Å². The second kappa shape index (κ2) is 5.67. The lowest BCUT2D eigenvalue weighted by Gasteiger charge is -2.07. The Morgan fingerprint density at radius 3 is 2.71 bits per heavy atom. The molecule has 4 rings (SSSR count). The van der Waals surface area contributed by atoms with Gasteiger partial charge >= 0.3 is 0 Å². The molecule has 0 aliphatic carbocycles. The van der Waals surface area contributed by atoms with Crippen molar-refractivity contribution in [2.24, 2.45) is 7.05 Å². The monoisotopic (exact) mass is 313 g/mol. The highest BCUT2D eigenvalue weighted by molar-refractivity contribution is 5.97. The minimum Gasteiger partial charge on any atom is -0.345 e. The predicted octanol–water partition coefficient (Wildman–Crippen LogP) is 3.43. The van der Waals surface area contributed by atoms with Crippen molar-refractivity contribution in [2.45, 2.75) is 6.42 Å². The van der Waals surface area contributed by atoms with Crippen LogP contribution in [-0.4, -0.2) is 19.7 Å². The van der Waals surface area contributed by atoms with Crippen LogP contribution in [0.5, 0.6) is 0 Å². The zero-order valence-corrected chi connectivity index (χ0v) is 13.2. The third-order valence-corrected chi connectivity index (χ3v) is 4.03. The maximum Gasteiger partial charge on any atom is 0.139 e. The number of aromatic amines is 1. The molecule has 1 N–H and O–H groups in total. The van der Waals surface area contributed by atoms with Crippen molar-refractivity contribution in [2.75, 3.05) is 0 Å². The Kier molecular flexibility index (Phi) is 3.36. The Bertz CT molecular complexity index is 1050. The average molecular weight is 313 g/mol. The first kappa shape index (κ1) is 14.2. The van der Waals surface area contributed by atoms with Gasteiger partial charge in [-0.2, -0.15) is 10.4 Å². The number of aromatic nitrogens is 4. The van der Waals surface area contributed by atoms with Crippen LogP contribution in [0.2, 0.25) is 0 Å². The Hall–Kier alpha value is -3.39. The molecule has 116 valence electrons. The van der Waals surface area contributed by atoms with Gasteiger partial charge in [-0.1, -0.05) is 30.3 Å². The van der Waals surface area contributed by atoms with Gasteiger partial charge in [-0.25, -0.2) is 4.98 Å². The van der Waals surface area contributed by atoms with Crippen LogP contribution in [0, 0.1) is 11.3 Å². The molecule has 3 heterocycles. The molecule has 0 saturated carbocycles. The summed E-state index contributed by atoms with van der Waals surface area (Å²) < 4.78 is 1.79. The second-order valence-corrected chi connectivity index (χ2v) is 5.72. The van der Waals surface area contributed by atoms with E-state index < -0.39 is 0 Å². The van der Waals surface area contributed by atoms with Gasteiger partial charge in [0.15, 0.2) is 0 Å². The van der Waals surface area contributed by atoms with E-state index in [1.165, 1.54) is 0 Å². The topological polar surface area (TPSA) is 70.3 Å². The van der Waals surface area contributed by atoms with E-state index in [0.29, 0.717) is 12.0 Å². The number of nitriles is 1. The number of nitrogens with one attached hydrogen (secondary N) is 1. The number of hydrogen-bond acceptors (Lipinski definition) is 3. The maximum atomic E-state index is 9.39. The normalized spacial score (nSPS) is 10.8. The lowest BCUT2D eigenvalue weighted by Crippen LogP contribution is -1.97. The van der Waals surface area contributed by atoms with Crippen LogP contribution in [0.1, 0.15) is 17.0 Å². The molecule has 0 amide bonds. The van der Waals surface area contributed by atoms with Gasteiger partial charge in [0.05, 0.1) is 11.3 Å². The summed E-state index contributed by atoms with van der Waals surface area (Å²) in [5, 5.41) is 14.7. The van der Waals surface area contributed by atoms with Gasteiger partial charge in [0, 0.05) is 36.9 Å². The molecule has 0 aliphatic rings. The second-order valence-electron chi connectivity index (χ2n) is 5.72. The first-order valence-corrected chi connectivity index (χ1v) is 7.69. The van der Waals surface area contributed by atoms with Gasteiger partial charge in [-0.3, -0.25) is 4.68 Å². The molecule has 0 atom stereocenters. The molecule has 0 radical (unpaired) electrons. The van der Waals surface area contributed by atoms with Crippen LogP contribution >= 0.6 is 0 Å². The minimum atomic E-state index is 0.612. The highest BCUT2D eigenvalue weighted by Gasteiger charge is 2.14. The van der Waals surface area contributed by atoms with E-state index in [4.69, 9.17) is 0 Å². The first-order chi connectivity index (χ1) is 11.7. The number of benzene rings is 1. The van der Waals surface area contributed by atoms with Crippen LogP contribution < -0.4 is 0 Å². The summed E-state index contributed by atoms with van der Waals surface area (Å²) in [5.41, 5.74) is 5.33. The zero-order valence-electron chi connectivity index (χ0n) is 13.2. The Balaban J connectivity index is 1.90. The van der Waals surface area contributed by atoms with Crippen LogP contribution in [0.4, 0.5) is 0 Å². The highest BCUT2D eigenvalue weighted by atomic mass is 15.2. The number of hydrogen-bond donors (Lipinski definition) is 1. The molecule has 3 aromatic heterocycles. The third-order valence-electron chi connectivity index (χ3n) is 4.03. The molecule has 0 bridgehead atoms. The standard InChI is InChI=1S/C19H15N5/c1-24-8-7-15(23-24)9-16-10-17(13-5-3-2-4-6-13)18-14(11-20)12-21-19(18)22-16/h2-8,10,12H,9H2,1H3,(H,21,22). The molecule has 0 unspecified atom stereocenters. The van der Waals surface area contributed by atoms with Gasteiger partial charge < -0.3 is 4.98 Å². The van der Waals surface area contributed by atoms with Crippen molar-refractivity contribution >= 4 is 11.0 Å². The van der Waals surface area contributed by atoms with Crippen molar-refractivity contribution in [3.05, 3.63) is 71.8 Å². The average Bonchev–Trinajstić information content (AvgIpc) is 3.21. The van der Waals surface area contributed by atoms with E-state index in [1.807, 2.05) is 49.6 Å². The van der Waals surface area contributed by atoms with Crippen LogP contribution in [-0.2, 0) is 13.5 Å². The van der Waals surface area contributed by atoms with Gasteiger partial charge in [0.1, 0.15) is 11.7 Å². The van der Waals surface area contributed by atoms with E-state index in [-0.39, 0.29) is 0 Å². The first-order valence-electron chi connectivity index (χ1n) is 7.69. The number of fused-ring (bicyclic) bond motifs is 1. The fourth-order valence-electron chi connectivity index (χ4n) is 2.96. The number of H-pyrrole nitrogens is 1. The largest absolute Gasteiger partial charge is 0.345 e. The summed E-state index contributed by atoms with van der Waals surface area (Å²) in [7, 11) is 1.90. The van der Waals surface area contributed by atoms with Gasteiger partial charge in [-0.15, -0.1) is 0 Å². The van der Waals surface area contributed by atoms with Crippen molar-refractivity contribution in [1.82, 2.24) is 19.7 Å². The van der Waals surface area contributed by atoms with Crippen molar-refractivity contribution in [3.8, 4) is 17.2 Å². The molecular formula is C19H15N5. The molecule has 4 aromatic rings. The molecule has 5 heteroatoms. The molecule has 0 saturated heterocycles. The maximum absolute atomic E-state index is 9.39. The van der Waals surface area contributed by atoms with E-state index in [2.05, 4.69) is 27.2 Å². The van der Waals surface area contributed by atoms with Crippen LogP contribution in [0.3, 0.4) is 0 Å². The Morgan fingerprint density at radius 2 is 2.00 bits per heavy atom. The fourth-order valence-corrected chi connectivity index (χ4v) is 2.96. The predicted molar refractivity (Wildman–Crippen MR) is 92.3 cm³/mol. The van der Waals surface area contributed by atoms with Crippen molar-refractivity contribution < 1.29 is 0 Å². The number of pyridine rings is 1. The van der Waals surface area contributed by atoms with E-state index in [9.17, 15) is 5.26 Å². The number of aryl methyl sites for hydroxylation is 1. The molecule has 0 spiro atoms. The van der Waals surface area contributed by atoms with Gasteiger partial charge in [0.25, 0.3) is 0 Å². The van der Waals surface area contributed by atoms with Gasteiger partial charge in [-0.05, 0) is 23.3 Å². The smallest absolute Gasteiger partial charge is 0.139 e. The molecule has 0 fully saturated rings. The summed E-state index contributed by atoms with van der Waals surface area (Å²) in [6, 6.07) is 16.4. The fraction of sp³-hybridized carbons (Fsp3) is 0.105. The Labute approximate surface area is 139 Å². The summed E-state index contributed by atoms with van der Waals surface area (Å²) >= 11 is 0. The lowest BCUT2D eigenvalue weighted by molar-refractivity contribution is 0.747. The summed E-state index contributed by atoms with van der Waals surface area (Å²) in [4.78, 5) is 7.80. The molecular weight excluding hydrogens is 298 g/mol.